The third-order valence-electron chi connectivity index (χ3n) is 5.95. The molecule has 3 aliphatic rings. The monoisotopic (exact) mass is 305 g/mol. The molecule has 2 aromatic rings. The summed E-state index contributed by atoms with van der Waals surface area (Å²) in [5.41, 5.74) is 1.87. The van der Waals surface area contributed by atoms with Crippen LogP contribution in [0, 0.1) is 11.8 Å². The van der Waals surface area contributed by atoms with E-state index in [0.29, 0.717) is 16.2 Å². The first-order chi connectivity index (χ1) is 11.1. The van der Waals surface area contributed by atoms with E-state index in [1.54, 1.807) is 6.20 Å². The van der Waals surface area contributed by atoms with E-state index in [1.165, 1.54) is 0 Å². The number of aromatic nitrogens is 1. The number of fused-ring (bicyclic) bond motifs is 4. The second-order valence-corrected chi connectivity index (χ2v) is 7.12. The van der Waals surface area contributed by atoms with Crippen molar-refractivity contribution in [3.8, 4) is 0 Å². The van der Waals surface area contributed by atoms with Gasteiger partial charge < -0.3 is 9.50 Å². The third-order valence-corrected chi connectivity index (χ3v) is 5.95. The summed E-state index contributed by atoms with van der Waals surface area (Å²) in [6, 6.07) is 9.98. The minimum Gasteiger partial charge on any atom is -0.583 e. The Labute approximate surface area is 138 Å². The van der Waals surface area contributed by atoms with Crippen LogP contribution in [0.5, 0.6) is 0 Å². The first-order valence-electron chi connectivity index (χ1n) is 8.42. The van der Waals surface area contributed by atoms with Crippen molar-refractivity contribution >= 4 is 18.9 Å². The minimum absolute atomic E-state index is 0.0516. The molecular formula is C19H22BN2O. The number of aliphatic hydroxyl groups is 1. The van der Waals surface area contributed by atoms with Crippen LogP contribution in [-0.4, -0.2) is 41.6 Å². The molecule has 0 amide bonds. The molecular weight excluding hydrogens is 283 g/mol. The summed E-state index contributed by atoms with van der Waals surface area (Å²) >= 11 is 0. The van der Waals surface area contributed by atoms with Crippen molar-refractivity contribution in [3.63, 3.8) is 0 Å². The predicted octanol–water partition coefficient (Wildman–Crippen LogP) is 2.76. The molecule has 3 fully saturated rings. The third kappa shape index (κ3) is 2.32. The standard InChI is InChI=1S/C19H22BN2O/c1-2-13-12-22(20)10-8-14(13)11-18(22)19(23)16-7-9-21-17-6-4-3-5-15(16)17/h2-7,9,13-14,18-19,23H,1,8,10-12H2/t13-,14-,18-,19+,22+/m0/s1. The summed E-state index contributed by atoms with van der Waals surface area (Å²) in [5, 5.41) is 12.2. The van der Waals surface area contributed by atoms with E-state index >= 15 is 0 Å². The fraction of sp³-hybridized carbons (Fsp3) is 0.421. The molecule has 3 nitrogen and oxygen atoms in total. The molecule has 2 bridgehead atoms. The molecule has 4 heteroatoms. The lowest BCUT2D eigenvalue weighted by Crippen LogP contribution is -2.66. The van der Waals surface area contributed by atoms with Crippen molar-refractivity contribution in [3.05, 3.63) is 54.7 Å². The van der Waals surface area contributed by atoms with Crippen LogP contribution >= 0.6 is 0 Å². The highest BCUT2D eigenvalue weighted by Crippen LogP contribution is 2.45. The number of benzene rings is 1. The molecule has 4 heterocycles. The van der Waals surface area contributed by atoms with Crippen molar-refractivity contribution in [1.29, 1.82) is 0 Å². The molecule has 1 aromatic carbocycles. The molecule has 0 spiro atoms. The fourth-order valence-electron chi connectivity index (χ4n) is 4.63. The van der Waals surface area contributed by atoms with Crippen LogP contribution in [0.2, 0.25) is 0 Å². The Morgan fingerprint density at radius 1 is 1.35 bits per heavy atom. The smallest absolute Gasteiger partial charge is 0.127 e. The maximum atomic E-state index is 11.1. The molecule has 0 unspecified atom stereocenters. The van der Waals surface area contributed by atoms with Gasteiger partial charge in [-0.3, -0.25) is 4.98 Å². The predicted molar refractivity (Wildman–Crippen MR) is 92.7 cm³/mol. The van der Waals surface area contributed by atoms with E-state index in [0.717, 1.165) is 42.4 Å². The van der Waals surface area contributed by atoms with Gasteiger partial charge in [0.05, 0.1) is 11.6 Å². The maximum absolute atomic E-state index is 11.1. The highest BCUT2D eigenvalue weighted by atomic mass is 16.3. The number of hydrogen-bond donors (Lipinski definition) is 1. The molecule has 23 heavy (non-hydrogen) atoms. The van der Waals surface area contributed by atoms with Gasteiger partial charge in [0.25, 0.3) is 0 Å². The van der Waals surface area contributed by atoms with Gasteiger partial charge in [-0.25, -0.2) is 7.98 Å². The number of aliphatic hydroxyl groups excluding tert-OH is 1. The summed E-state index contributed by atoms with van der Waals surface area (Å²) in [6.07, 6.45) is 5.37. The summed E-state index contributed by atoms with van der Waals surface area (Å²) in [5.74, 6) is 1.08. The molecule has 5 atom stereocenters. The van der Waals surface area contributed by atoms with Crippen LogP contribution in [0.25, 0.3) is 10.9 Å². The molecule has 3 aliphatic heterocycles. The number of rotatable bonds is 3. The summed E-state index contributed by atoms with van der Waals surface area (Å²) in [4.78, 5) is 4.40. The van der Waals surface area contributed by atoms with Crippen molar-refractivity contribution < 1.29 is 9.50 Å². The number of pyridine rings is 1. The second kappa shape index (κ2) is 5.46. The Morgan fingerprint density at radius 2 is 2.17 bits per heavy atom. The van der Waals surface area contributed by atoms with Crippen LogP contribution in [0.3, 0.4) is 0 Å². The van der Waals surface area contributed by atoms with Crippen LogP contribution in [0.15, 0.2) is 49.2 Å². The van der Waals surface area contributed by atoms with Crippen molar-refractivity contribution in [2.24, 2.45) is 11.8 Å². The largest absolute Gasteiger partial charge is 0.583 e. The molecule has 0 aliphatic carbocycles. The minimum atomic E-state index is -0.554. The van der Waals surface area contributed by atoms with E-state index in [9.17, 15) is 5.11 Å². The Hall–Kier alpha value is -1.65. The molecule has 1 N–H and O–H groups in total. The van der Waals surface area contributed by atoms with Gasteiger partial charge in [-0.2, -0.15) is 0 Å². The number of para-hydroxylation sites is 1. The number of piperidine rings is 3. The molecule has 3 saturated heterocycles. The van der Waals surface area contributed by atoms with E-state index in [1.807, 2.05) is 36.4 Å². The molecule has 1 aromatic heterocycles. The summed E-state index contributed by atoms with van der Waals surface area (Å²) in [6.45, 7) is 5.80. The first-order valence-corrected chi connectivity index (χ1v) is 8.42. The zero-order valence-electron chi connectivity index (χ0n) is 13.3. The van der Waals surface area contributed by atoms with E-state index in [-0.39, 0.29) is 6.04 Å². The summed E-state index contributed by atoms with van der Waals surface area (Å²) in [7, 11) is 6.70. The van der Waals surface area contributed by atoms with Crippen LogP contribution < -0.4 is 0 Å². The van der Waals surface area contributed by atoms with Crippen molar-refractivity contribution in [1.82, 2.24) is 4.98 Å². The van der Waals surface area contributed by atoms with Gasteiger partial charge in [0.2, 0.25) is 0 Å². The molecule has 117 valence electrons. The topological polar surface area (TPSA) is 33.1 Å². The van der Waals surface area contributed by atoms with Crippen LogP contribution in [-0.2, 0) is 0 Å². The van der Waals surface area contributed by atoms with Crippen molar-refractivity contribution in [2.75, 3.05) is 13.1 Å². The Balaban J connectivity index is 1.72. The van der Waals surface area contributed by atoms with Gasteiger partial charge in [-0.05, 0) is 30.0 Å². The number of hydrogen-bond acceptors (Lipinski definition) is 2. The lowest BCUT2D eigenvalue weighted by molar-refractivity contribution is -0.871. The Morgan fingerprint density at radius 3 is 2.96 bits per heavy atom. The van der Waals surface area contributed by atoms with E-state index in [4.69, 9.17) is 7.98 Å². The lowest BCUT2D eigenvalue weighted by atomic mass is 9.69. The Bertz CT molecular complexity index is 744. The zero-order chi connectivity index (χ0) is 16.0. The fourth-order valence-corrected chi connectivity index (χ4v) is 4.63. The maximum Gasteiger partial charge on any atom is 0.127 e. The average Bonchev–Trinajstić information content (AvgIpc) is 2.60. The van der Waals surface area contributed by atoms with E-state index in [2.05, 4.69) is 11.6 Å². The average molecular weight is 305 g/mol. The number of quaternary nitrogens is 1. The van der Waals surface area contributed by atoms with Gasteiger partial charge in [0.1, 0.15) is 6.10 Å². The summed E-state index contributed by atoms with van der Waals surface area (Å²) < 4.78 is 0.463. The quantitative estimate of drug-likeness (QED) is 0.699. The van der Waals surface area contributed by atoms with Crippen LogP contribution in [0.4, 0.5) is 0 Å². The van der Waals surface area contributed by atoms with E-state index < -0.39 is 6.10 Å². The Kier molecular flexibility index (Phi) is 3.54. The van der Waals surface area contributed by atoms with Crippen LogP contribution in [0.1, 0.15) is 24.5 Å². The number of nitrogens with zero attached hydrogens (tertiary/aromatic N) is 2. The zero-order valence-corrected chi connectivity index (χ0v) is 13.3. The van der Waals surface area contributed by atoms with Gasteiger partial charge in [-0.15, -0.1) is 6.58 Å². The van der Waals surface area contributed by atoms with Crippen molar-refractivity contribution in [2.45, 2.75) is 25.0 Å². The highest BCUT2D eigenvalue weighted by Gasteiger charge is 2.45. The molecule has 0 saturated carbocycles. The lowest BCUT2D eigenvalue weighted by Gasteiger charge is -2.66. The van der Waals surface area contributed by atoms with Gasteiger partial charge in [0.15, 0.2) is 0 Å². The molecule has 5 rings (SSSR count). The second-order valence-electron chi connectivity index (χ2n) is 7.12. The van der Waals surface area contributed by atoms with Gasteiger partial charge in [0, 0.05) is 37.0 Å². The van der Waals surface area contributed by atoms with Gasteiger partial charge >= 0.3 is 0 Å². The highest BCUT2D eigenvalue weighted by molar-refractivity contribution is 5.97. The first kappa shape index (κ1) is 14.9. The SMILES string of the molecule is [B-][N@@+]12CC[C@@H](C[C@H]1[C@H](O)c1ccnc3ccccc13)[C@@H](C=C)C2. The molecule has 3 radical (unpaired) electrons. The van der Waals surface area contributed by atoms with Gasteiger partial charge in [-0.1, -0.05) is 24.3 Å². The normalized spacial score (nSPS) is 34.4.